The molecular formula is C18H22N3O2S+. The maximum Gasteiger partial charge on any atom is 0.291 e. The summed E-state index contributed by atoms with van der Waals surface area (Å²) < 4.78 is 0. The van der Waals surface area contributed by atoms with Crippen molar-refractivity contribution >= 4 is 22.9 Å². The van der Waals surface area contributed by atoms with Crippen LogP contribution in [0.4, 0.5) is 5.69 Å². The van der Waals surface area contributed by atoms with Gasteiger partial charge in [0.1, 0.15) is 0 Å². The highest BCUT2D eigenvalue weighted by Crippen LogP contribution is 2.23. The number of para-hydroxylation sites is 1. The van der Waals surface area contributed by atoms with Crippen molar-refractivity contribution in [3.8, 4) is 0 Å². The van der Waals surface area contributed by atoms with Gasteiger partial charge in [0.25, 0.3) is 11.6 Å². The van der Waals surface area contributed by atoms with E-state index in [1.165, 1.54) is 17.8 Å². The summed E-state index contributed by atoms with van der Waals surface area (Å²) in [6.45, 7) is 0. The van der Waals surface area contributed by atoms with Crippen molar-refractivity contribution in [2.24, 2.45) is 0 Å². The summed E-state index contributed by atoms with van der Waals surface area (Å²) in [5, 5.41) is 5.02. The maximum absolute atomic E-state index is 12.7. The fraction of sp³-hybridized carbons (Fsp3) is 0.389. The molecule has 126 valence electrons. The van der Waals surface area contributed by atoms with Crippen LogP contribution in [0.25, 0.3) is 0 Å². The lowest BCUT2D eigenvalue weighted by Crippen LogP contribution is -2.44. The molecule has 0 radical (unpaired) electrons. The summed E-state index contributed by atoms with van der Waals surface area (Å²) in [5.74, 6) is -0.138. The molecule has 1 aromatic carbocycles. The zero-order valence-corrected chi connectivity index (χ0v) is 14.3. The molecule has 1 unspecified atom stereocenters. The van der Waals surface area contributed by atoms with Gasteiger partial charge >= 0.3 is 0 Å². The highest BCUT2D eigenvalue weighted by Gasteiger charge is 2.30. The van der Waals surface area contributed by atoms with Crippen LogP contribution in [0, 0.1) is 4.91 Å². The van der Waals surface area contributed by atoms with E-state index in [1.807, 2.05) is 23.6 Å². The van der Waals surface area contributed by atoms with Crippen LogP contribution >= 0.6 is 11.3 Å². The van der Waals surface area contributed by atoms with Crippen LogP contribution in [0.3, 0.4) is 0 Å². The molecule has 1 fully saturated rings. The lowest BCUT2D eigenvalue weighted by atomic mass is 9.95. The van der Waals surface area contributed by atoms with Gasteiger partial charge in [0.2, 0.25) is 0 Å². The van der Waals surface area contributed by atoms with Gasteiger partial charge in [-0.3, -0.25) is 4.79 Å². The Bertz CT molecular complexity index is 667. The minimum absolute atomic E-state index is 0.138. The molecule has 0 bridgehead atoms. The fourth-order valence-electron chi connectivity index (χ4n) is 2.99. The number of hydrogen-bond donors (Lipinski definition) is 2. The number of hydrogen-bond acceptors (Lipinski definition) is 3. The third kappa shape index (κ3) is 4.20. The summed E-state index contributed by atoms with van der Waals surface area (Å²) in [5.41, 5.74) is 3.28. The molecule has 3 rings (SSSR count). The van der Waals surface area contributed by atoms with Gasteiger partial charge in [-0.15, -0.1) is 16.8 Å². The minimum atomic E-state index is -0.676. The van der Waals surface area contributed by atoms with Gasteiger partial charge in [-0.25, -0.2) is 0 Å². The predicted octanol–water partition coefficient (Wildman–Crippen LogP) is 3.85. The van der Waals surface area contributed by atoms with Gasteiger partial charge in [0.05, 0.1) is 4.91 Å². The quantitative estimate of drug-likeness (QED) is 0.618. The third-order valence-corrected chi connectivity index (χ3v) is 5.22. The average Bonchev–Trinajstić information content (AvgIpc) is 3.15. The molecule has 1 heterocycles. The van der Waals surface area contributed by atoms with Crippen LogP contribution in [0.5, 0.6) is 0 Å². The summed E-state index contributed by atoms with van der Waals surface area (Å²) in [4.78, 5) is 26.6. The zero-order chi connectivity index (χ0) is 16.8. The standard InChI is InChI=1S/C18H21N3O2S/c22-18(19-14-8-3-1-4-9-14)17(16-12-7-13-24-16)20-21(23)15-10-5-2-6-11-15/h2,5-7,10-14,17H,1,3-4,8-9H2,(H-,19,20,22,23)/p+1. The van der Waals surface area contributed by atoms with E-state index in [9.17, 15) is 9.70 Å². The molecule has 1 aliphatic carbocycles. The first-order chi connectivity index (χ1) is 11.7. The summed E-state index contributed by atoms with van der Waals surface area (Å²) in [6.07, 6.45) is 5.58. The molecule has 1 atom stereocenters. The van der Waals surface area contributed by atoms with Crippen LogP contribution < -0.4 is 10.7 Å². The van der Waals surface area contributed by atoms with Gasteiger partial charge in [0, 0.05) is 23.1 Å². The SMILES string of the molecule is O=C(NC1CCCCC1)C(N[N+](=O)c1ccccc1)c1cccs1. The second-order valence-electron chi connectivity index (χ2n) is 6.05. The molecule has 0 spiro atoms. The summed E-state index contributed by atoms with van der Waals surface area (Å²) >= 11 is 1.47. The first kappa shape index (κ1) is 16.6. The van der Waals surface area contributed by atoms with Crippen LogP contribution in [0.1, 0.15) is 43.0 Å². The number of rotatable bonds is 6. The van der Waals surface area contributed by atoms with Gasteiger partial charge in [-0.05, 0) is 24.3 Å². The molecule has 0 aliphatic heterocycles. The second kappa shape index (κ2) is 8.06. The van der Waals surface area contributed by atoms with E-state index >= 15 is 0 Å². The smallest absolute Gasteiger partial charge is 0.291 e. The second-order valence-corrected chi connectivity index (χ2v) is 7.03. The van der Waals surface area contributed by atoms with Crippen molar-refractivity contribution in [3.63, 3.8) is 0 Å². The normalized spacial score (nSPS) is 16.3. The number of hydrazine groups is 1. The number of nitrogens with one attached hydrogen (secondary N) is 2. The minimum Gasteiger partial charge on any atom is -0.351 e. The molecule has 2 aromatic rings. The highest BCUT2D eigenvalue weighted by atomic mass is 32.1. The lowest BCUT2D eigenvalue weighted by Gasteiger charge is -2.24. The lowest BCUT2D eigenvalue weighted by molar-refractivity contribution is -0.533. The number of benzene rings is 1. The summed E-state index contributed by atoms with van der Waals surface area (Å²) in [6, 6.07) is 12.2. The van der Waals surface area contributed by atoms with Crippen LogP contribution in [-0.2, 0) is 4.79 Å². The van der Waals surface area contributed by atoms with E-state index in [-0.39, 0.29) is 11.9 Å². The van der Waals surface area contributed by atoms with Crippen molar-refractivity contribution in [2.45, 2.75) is 44.2 Å². The van der Waals surface area contributed by atoms with Gasteiger partial charge in [0.15, 0.2) is 10.9 Å². The number of nitroso groups, excluding NO2 is 1. The molecule has 24 heavy (non-hydrogen) atoms. The molecule has 0 saturated heterocycles. The molecule has 1 aliphatic rings. The first-order valence-electron chi connectivity index (χ1n) is 8.36. The molecule has 1 saturated carbocycles. The Morgan fingerprint density at radius 2 is 1.83 bits per heavy atom. The Hall–Kier alpha value is -2.21. The third-order valence-electron chi connectivity index (χ3n) is 4.28. The van der Waals surface area contributed by atoms with E-state index in [0.29, 0.717) is 10.6 Å². The fourth-order valence-corrected chi connectivity index (χ4v) is 3.76. The number of carbonyl (C=O) groups is 1. The topological polar surface area (TPSA) is 61.2 Å². The van der Waals surface area contributed by atoms with E-state index < -0.39 is 6.04 Å². The molecule has 6 heteroatoms. The van der Waals surface area contributed by atoms with Crippen LogP contribution in [0.15, 0.2) is 47.8 Å². The number of nitrogens with zero attached hydrogens (tertiary/aromatic N) is 1. The predicted molar refractivity (Wildman–Crippen MR) is 94.9 cm³/mol. The van der Waals surface area contributed by atoms with Crippen LogP contribution in [-0.4, -0.2) is 16.8 Å². The molecular weight excluding hydrogens is 322 g/mol. The average molecular weight is 344 g/mol. The number of thiophene rings is 1. The Balaban J connectivity index is 1.71. The van der Waals surface area contributed by atoms with E-state index in [2.05, 4.69) is 10.7 Å². The van der Waals surface area contributed by atoms with Crippen molar-refractivity contribution < 1.29 is 9.66 Å². The Morgan fingerprint density at radius 1 is 1.08 bits per heavy atom. The highest BCUT2D eigenvalue weighted by molar-refractivity contribution is 7.10. The molecule has 1 aromatic heterocycles. The summed E-state index contributed by atoms with van der Waals surface area (Å²) in [7, 11) is 0. The Labute approximate surface area is 145 Å². The number of carbonyl (C=O) groups excluding carboxylic acids is 1. The zero-order valence-electron chi connectivity index (χ0n) is 13.5. The largest absolute Gasteiger partial charge is 0.351 e. The van der Waals surface area contributed by atoms with Crippen molar-refractivity contribution in [1.82, 2.24) is 10.7 Å². The van der Waals surface area contributed by atoms with Crippen molar-refractivity contribution in [3.05, 3.63) is 57.6 Å². The van der Waals surface area contributed by atoms with Crippen molar-refractivity contribution in [2.75, 3.05) is 0 Å². The van der Waals surface area contributed by atoms with Crippen LogP contribution in [0.2, 0.25) is 0 Å². The Morgan fingerprint density at radius 3 is 2.50 bits per heavy atom. The number of amides is 1. The Kier molecular flexibility index (Phi) is 5.59. The molecule has 2 N–H and O–H groups in total. The first-order valence-corrected chi connectivity index (χ1v) is 9.24. The molecule has 5 nitrogen and oxygen atoms in total. The maximum atomic E-state index is 12.7. The monoisotopic (exact) mass is 344 g/mol. The van der Waals surface area contributed by atoms with E-state index in [0.717, 1.165) is 30.6 Å². The van der Waals surface area contributed by atoms with Gasteiger partial charge in [-0.2, -0.15) is 0 Å². The van der Waals surface area contributed by atoms with E-state index in [4.69, 9.17) is 0 Å². The van der Waals surface area contributed by atoms with Crippen molar-refractivity contribution in [1.29, 1.82) is 0 Å². The molecule has 1 amide bonds. The van der Waals surface area contributed by atoms with Gasteiger partial charge < -0.3 is 5.32 Å². The van der Waals surface area contributed by atoms with Gasteiger partial charge in [-0.1, -0.05) is 43.5 Å². The van der Waals surface area contributed by atoms with E-state index in [1.54, 1.807) is 24.3 Å².